The minimum Gasteiger partial charge on any atom is -0.465 e. The SMILES string of the molecule is CCOC(=O)C1(c2nc(CSCC)no2)CCC1. The molecule has 1 aromatic rings. The van der Waals surface area contributed by atoms with Crippen LogP contribution in [0.3, 0.4) is 0 Å². The van der Waals surface area contributed by atoms with Crippen molar-refractivity contribution in [1.29, 1.82) is 0 Å². The fraction of sp³-hybridized carbons (Fsp3) is 0.750. The van der Waals surface area contributed by atoms with Crippen molar-refractivity contribution < 1.29 is 14.1 Å². The summed E-state index contributed by atoms with van der Waals surface area (Å²) in [5.41, 5.74) is -0.669. The Labute approximate surface area is 111 Å². The summed E-state index contributed by atoms with van der Waals surface area (Å²) < 4.78 is 10.4. The highest BCUT2D eigenvalue weighted by Gasteiger charge is 2.51. The van der Waals surface area contributed by atoms with E-state index >= 15 is 0 Å². The maximum absolute atomic E-state index is 12.0. The molecule has 5 nitrogen and oxygen atoms in total. The second-order valence-electron chi connectivity index (χ2n) is 4.31. The number of carbonyl (C=O) groups is 1. The Hall–Kier alpha value is -1.04. The van der Waals surface area contributed by atoms with Gasteiger partial charge in [-0.05, 0) is 25.5 Å². The Morgan fingerprint density at radius 2 is 2.28 bits per heavy atom. The van der Waals surface area contributed by atoms with E-state index in [0.29, 0.717) is 18.3 Å². The molecule has 1 aliphatic rings. The van der Waals surface area contributed by atoms with Crippen LogP contribution in [-0.2, 0) is 20.7 Å². The number of esters is 1. The van der Waals surface area contributed by atoms with Gasteiger partial charge < -0.3 is 9.26 Å². The van der Waals surface area contributed by atoms with Gasteiger partial charge in [0.2, 0.25) is 5.89 Å². The van der Waals surface area contributed by atoms with Crippen LogP contribution in [0.5, 0.6) is 0 Å². The molecule has 0 N–H and O–H groups in total. The van der Waals surface area contributed by atoms with Gasteiger partial charge in [0.25, 0.3) is 0 Å². The Morgan fingerprint density at radius 3 is 2.83 bits per heavy atom. The number of hydrogen-bond acceptors (Lipinski definition) is 6. The Morgan fingerprint density at radius 1 is 1.50 bits per heavy atom. The third-order valence-corrected chi connectivity index (χ3v) is 4.06. The van der Waals surface area contributed by atoms with Crippen LogP contribution in [-0.4, -0.2) is 28.5 Å². The van der Waals surface area contributed by atoms with E-state index in [2.05, 4.69) is 17.1 Å². The van der Waals surface area contributed by atoms with Crippen molar-refractivity contribution >= 4 is 17.7 Å². The molecule has 1 saturated carbocycles. The van der Waals surface area contributed by atoms with Crippen molar-refractivity contribution in [2.75, 3.05) is 12.4 Å². The molecule has 0 aliphatic heterocycles. The maximum atomic E-state index is 12.0. The molecular formula is C12H18N2O3S. The minimum absolute atomic E-state index is 0.227. The lowest BCUT2D eigenvalue weighted by Gasteiger charge is -2.35. The van der Waals surface area contributed by atoms with Gasteiger partial charge in [0.05, 0.1) is 12.4 Å². The molecule has 0 unspecified atom stereocenters. The van der Waals surface area contributed by atoms with Crippen LogP contribution in [0, 0.1) is 0 Å². The lowest BCUT2D eigenvalue weighted by Crippen LogP contribution is -2.44. The van der Waals surface area contributed by atoms with Gasteiger partial charge >= 0.3 is 5.97 Å². The zero-order valence-corrected chi connectivity index (χ0v) is 11.6. The topological polar surface area (TPSA) is 65.2 Å². The van der Waals surface area contributed by atoms with Gasteiger partial charge in [-0.2, -0.15) is 16.7 Å². The predicted molar refractivity (Wildman–Crippen MR) is 68.3 cm³/mol. The molecule has 6 heteroatoms. The first-order chi connectivity index (χ1) is 8.73. The highest BCUT2D eigenvalue weighted by atomic mass is 32.2. The Bertz CT molecular complexity index is 415. The Balaban J connectivity index is 2.12. The fourth-order valence-electron chi connectivity index (χ4n) is 2.01. The van der Waals surface area contributed by atoms with E-state index in [9.17, 15) is 4.79 Å². The summed E-state index contributed by atoms with van der Waals surface area (Å²) in [5, 5.41) is 3.93. The van der Waals surface area contributed by atoms with Gasteiger partial charge in [-0.1, -0.05) is 18.5 Å². The summed E-state index contributed by atoms with van der Waals surface area (Å²) in [6.45, 7) is 4.27. The molecule has 1 aliphatic carbocycles. The summed E-state index contributed by atoms with van der Waals surface area (Å²) in [5.74, 6) is 2.59. The lowest BCUT2D eigenvalue weighted by molar-refractivity contribution is -0.155. The highest BCUT2D eigenvalue weighted by molar-refractivity contribution is 7.98. The van der Waals surface area contributed by atoms with Crippen LogP contribution in [0.25, 0.3) is 0 Å². The van der Waals surface area contributed by atoms with Crippen molar-refractivity contribution in [3.63, 3.8) is 0 Å². The fourth-order valence-corrected chi connectivity index (χ4v) is 2.51. The van der Waals surface area contributed by atoms with Crippen molar-refractivity contribution in [3.05, 3.63) is 11.7 Å². The predicted octanol–water partition coefficient (Wildman–Crippen LogP) is 2.31. The molecule has 0 radical (unpaired) electrons. The van der Waals surface area contributed by atoms with Crippen LogP contribution >= 0.6 is 11.8 Å². The van der Waals surface area contributed by atoms with Crippen molar-refractivity contribution in [2.45, 2.75) is 44.3 Å². The van der Waals surface area contributed by atoms with Crippen LogP contribution in [0.2, 0.25) is 0 Å². The van der Waals surface area contributed by atoms with Crippen molar-refractivity contribution in [3.8, 4) is 0 Å². The average molecular weight is 270 g/mol. The molecule has 0 spiro atoms. The normalized spacial score (nSPS) is 17.2. The smallest absolute Gasteiger partial charge is 0.321 e. The first-order valence-corrected chi connectivity index (χ1v) is 7.46. The highest BCUT2D eigenvalue weighted by Crippen LogP contribution is 2.44. The van der Waals surface area contributed by atoms with E-state index in [1.165, 1.54) is 0 Å². The largest absolute Gasteiger partial charge is 0.465 e. The summed E-state index contributed by atoms with van der Waals surface area (Å²) in [4.78, 5) is 16.4. The zero-order chi connectivity index (χ0) is 13.0. The molecule has 18 heavy (non-hydrogen) atoms. The van der Waals surface area contributed by atoms with Crippen molar-refractivity contribution in [1.82, 2.24) is 10.1 Å². The number of hydrogen-bond donors (Lipinski definition) is 0. The number of carbonyl (C=O) groups excluding carboxylic acids is 1. The van der Waals surface area contributed by atoms with Gasteiger partial charge in [0.15, 0.2) is 5.82 Å². The van der Waals surface area contributed by atoms with Gasteiger partial charge in [0, 0.05) is 0 Å². The third-order valence-electron chi connectivity index (χ3n) is 3.19. The van der Waals surface area contributed by atoms with Crippen LogP contribution in [0.1, 0.15) is 44.8 Å². The van der Waals surface area contributed by atoms with E-state index in [0.717, 1.165) is 30.8 Å². The molecule has 2 rings (SSSR count). The molecule has 0 amide bonds. The quantitative estimate of drug-likeness (QED) is 0.739. The van der Waals surface area contributed by atoms with Gasteiger partial charge in [-0.25, -0.2) is 0 Å². The summed E-state index contributed by atoms with van der Waals surface area (Å²) in [6.07, 6.45) is 2.49. The van der Waals surface area contributed by atoms with E-state index in [-0.39, 0.29) is 5.97 Å². The molecular weight excluding hydrogens is 252 g/mol. The minimum atomic E-state index is -0.669. The number of ether oxygens (including phenoxy) is 1. The molecule has 0 atom stereocenters. The summed E-state index contributed by atoms with van der Waals surface area (Å²) >= 11 is 1.73. The molecule has 1 fully saturated rings. The van der Waals surface area contributed by atoms with Gasteiger partial charge in [-0.15, -0.1) is 0 Å². The number of thioether (sulfide) groups is 1. The average Bonchev–Trinajstić information content (AvgIpc) is 2.74. The maximum Gasteiger partial charge on any atom is 0.321 e. The number of rotatable bonds is 6. The molecule has 100 valence electrons. The molecule has 0 saturated heterocycles. The van der Waals surface area contributed by atoms with Crippen molar-refractivity contribution in [2.24, 2.45) is 0 Å². The van der Waals surface area contributed by atoms with Gasteiger partial charge in [-0.3, -0.25) is 4.79 Å². The number of aromatic nitrogens is 2. The van der Waals surface area contributed by atoms with E-state index in [1.54, 1.807) is 18.7 Å². The summed E-state index contributed by atoms with van der Waals surface area (Å²) in [6, 6.07) is 0. The molecule has 0 aromatic carbocycles. The third kappa shape index (κ3) is 2.39. The molecule has 1 heterocycles. The molecule has 1 aromatic heterocycles. The lowest BCUT2D eigenvalue weighted by atomic mass is 9.68. The zero-order valence-electron chi connectivity index (χ0n) is 10.8. The first-order valence-electron chi connectivity index (χ1n) is 6.31. The summed E-state index contributed by atoms with van der Waals surface area (Å²) in [7, 11) is 0. The first kappa shape index (κ1) is 13.4. The van der Waals surface area contributed by atoms with Crippen LogP contribution < -0.4 is 0 Å². The Kier molecular flexibility index (Phi) is 4.27. The van der Waals surface area contributed by atoms with E-state index in [1.807, 2.05) is 0 Å². The van der Waals surface area contributed by atoms with E-state index in [4.69, 9.17) is 9.26 Å². The van der Waals surface area contributed by atoms with Gasteiger partial charge in [0.1, 0.15) is 5.41 Å². The second-order valence-corrected chi connectivity index (χ2v) is 5.58. The van der Waals surface area contributed by atoms with E-state index < -0.39 is 5.41 Å². The standard InChI is InChI=1S/C12H18N2O3S/c1-3-16-11(15)12(6-5-7-12)10-13-9(14-17-10)8-18-4-2/h3-8H2,1-2H3. The monoisotopic (exact) mass is 270 g/mol. The number of nitrogens with zero attached hydrogens (tertiary/aromatic N) is 2. The van der Waals surface area contributed by atoms with Crippen LogP contribution in [0.4, 0.5) is 0 Å². The van der Waals surface area contributed by atoms with Crippen LogP contribution in [0.15, 0.2) is 4.52 Å². The molecule has 0 bridgehead atoms. The second kappa shape index (κ2) is 5.73.